The van der Waals surface area contributed by atoms with Gasteiger partial charge in [0, 0.05) is 26.2 Å². The molecule has 2 aromatic rings. The molecule has 0 aliphatic rings. The maximum atomic E-state index is 5.66. The molecule has 0 atom stereocenters. The monoisotopic (exact) mass is 262 g/mol. The van der Waals surface area contributed by atoms with Crippen LogP contribution in [0.2, 0.25) is 0 Å². The standard InChI is InChI=1S/C13H18N4S/c1-17(2)13-16-15-12(18-13)5-3-4-10-6-8-11(14)9-7-10/h6-9H,3-5,14H2,1-2H3. The Morgan fingerprint density at radius 2 is 1.83 bits per heavy atom. The van der Waals surface area contributed by atoms with Gasteiger partial charge in [-0.05, 0) is 30.5 Å². The zero-order chi connectivity index (χ0) is 13.0. The molecule has 18 heavy (non-hydrogen) atoms. The van der Waals surface area contributed by atoms with E-state index in [0.29, 0.717) is 0 Å². The van der Waals surface area contributed by atoms with E-state index in [4.69, 9.17) is 5.73 Å². The van der Waals surface area contributed by atoms with Crippen LogP contribution < -0.4 is 10.6 Å². The lowest BCUT2D eigenvalue weighted by molar-refractivity contribution is 0.801. The summed E-state index contributed by atoms with van der Waals surface area (Å²) >= 11 is 1.66. The van der Waals surface area contributed by atoms with Crippen LogP contribution in [0.25, 0.3) is 0 Å². The average molecular weight is 262 g/mol. The molecule has 0 saturated heterocycles. The number of benzene rings is 1. The van der Waals surface area contributed by atoms with Gasteiger partial charge in [0.25, 0.3) is 0 Å². The summed E-state index contributed by atoms with van der Waals surface area (Å²) in [7, 11) is 3.97. The van der Waals surface area contributed by atoms with Crippen molar-refractivity contribution in [3.8, 4) is 0 Å². The first kappa shape index (κ1) is 12.8. The number of aromatic nitrogens is 2. The fourth-order valence-electron chi connectivity index (χ4n) is 1.65. The van der Waals surface area contributed by atoms with Crippen molar-refractivity contribution in [3.63, 3.8) is 0 Å². The highest BCUT2D eigenvalue weighted by Gasteiger charge is 2.05. The van der Waals surface area contributed by atoms with Gasteiger partial charge in [-0.3, -0.25) is 0 Å². The third kappa shape index (κ3) is 3.43. The average Bonchev–Trinajstić information content (AvgIpc) is 2.81. The normalized spacial score (nSPS) is 10.6. The minimum Gasteiger partial charge on any atom is -0.399 e. The molecule has 96 valence electrons. The van der Waals surface area contributed by atoms with Gasteiger partial charge in [0.05, 0.1) is 0 Å². The number of nitrogens with zero attached hydrogens (tertiary/aromatic N) is 3. The Morgan fingerprint density at radius 3 is 2.44 bits per heavy atom. The molecule has 0 bridgehead atoms. The van der Waals surface area contributed by atoms with E-state index >= 15 is 0 Å². The molecular weight excluding hydrogens is 244 g/mol. The molecule has 0 unspecified atom stereocenters. The lowest BCUT2D eigenvalue weighted by Gasteiger charge is -2.03. The quantitative estimate of drug-likeness (QED) is 0.840. The van der Waals surface area contributed by atoms with Crippen molar-refractivity contribution in [2.45, 2.75) is 19.3 Å². The Morgan fingerprint density at radius 1 is 1.11 bits per heavy atom. The number of nitrogens with two attached hydrogens (primary N) is 1. The van der Waals surface area contributed by atoms with Crippen molar-refractivity contribution in [1.82, 2.24) is 10.2 Å². The van der Waals surface area contributed by atoms with Crippen molar-refractivity contribution in [3.05, 3.63) is 34.8 Å². The predicted octanol–water partition coefficient (Wildman–Crippen LogP) is 2.36. The first-order chi connectivity index (χ1) is 8.65. The lowest BCUT2D eigenvalue weighted by atomic mass is 10.1. The smallest absolute Gasteiger partial charge is 0.207 e. The Labute approximate surface area is 111 Å². The zero-order valence-corrected chi connectivity index (χ0v) is 11.6. The molecular formula is C13H18N4S. The molecule has 0 amide bonds. The van der Waals surface area contributed by atoms with Crippen molar-refractivity contribution < 1.29 is 0 Å². The highest BCUT2D eigenvalue weighted by atomic mass is 32.1. The Bertz CT molecular complexity index is 490. The maximum Gasteiger partial charge on any atom is 0.207 e. The van der Waals surface area contributed by atoms with Crippen molar-refractivity contribution >= 4 is 22.2 Å². The molecule has 1 aromatic heterocycles. The summed E-state index contributed by atoms with van der Waals surface area (Å²) in [6.45, 7) is 0. The van der Waals surface area contributed by atoms with Crippen LogP contribution in [-0.4, -0.2) is 24.3 Å². The summed E-state index contributed by atoms with van der Waals surface area (Å²) in [6, 6.07) is 8.07. The van der Waals surface area contributed by atoms with E-state index in [1.165, 1.54) is 5.56 Å². The summed E-state index contributed by atoms with van der Waals surface area (Å²) < 4.78 is 0. The van der Waals surface area contributed by atoms with Gasteiger partial charge < -0.3 is 10.6 Å². The number of hydrogen-bond donors (Lipinski definition) is 1. The molecule has 0 radical (unpaired) electrons. The topological polar surface area (TPSA) is 55.0 Å². The minimum atomic E-state index is 0.818. The predicted molar refractivity (Wildman–Crippen MR) is 77.1 cm³/mol. The van der Waals surface area contributed by atoms with Crippen molar-refractivity contribution in [1.29, 1.82) is 0 Å². The third-order valence-corrected chi connectivity index (χ3v) is 3.83. The second kappa shape index (κ2) is 5.82. The van der Waals surface area contributed by atoms with E-state index in [9.17, 15) is 0 Å². The molecule has 0 aliphatic heterocycles. The number of nitrogen functional groups attached to an aromatic ring is 1. The second-order valence-electron chi connectivity index (χ2n) is 4.47. The van der Waals surface area contributed by atoms with E-state index in [1.54, 1.807) is 11.3 Å². The highest BCUT2D eigenvalue weighted by Crippen LogP contribution is 2.19. The largest absolute Gasteiger partial charge is 0.399 e. The third-order valence-electron chi connectivity index (χ3n) is 2.67. The van der Waals surface area contributed by atoms with Crippen LogP contribution in [0.4, 0.5) is 10.8 Å². The van der Waals surface area contributed by atoms with Gasteiger partial charge in [-0.25, -0.2) is 0 Å². The summed E-state index contributed by atoms with van der Waals surface area (Å²) in [5.74, 6) is 0. The zero-order valence-electron chi connectivity index (χ0n) is 10.8. The molecule has 0 fully saturated rings. The molecule has 2 N–H and O–H groups in total. The molecule has 4 nitrogen and oxygen atoms in total. The van der Waals surface area contributed by atoms with Gasteiger partial charge in [-0.2, -0.15) is 0 Å². The second-order valence-corrected chi connectivity index (χ2v) is 5.51. The fourth-order valence-corrected chi connectivity index (χ4v) is 2.46. The van der Waals surface area contributed by atoms with Crippen LogP contribution in [0.15, 0.2) is 24.3 Å². The van der Waals surface area contributed by atoms with Crippen LogP contribution in [0.5, 0.6) is 0 Å². The number of rotatable bonds is 5. The van der Waals surface area contributed by atoms with Crippen LogP contribution >= 0.6 is 11.3 Å². The van der Waals surface area contributed by atoms with Gasteiger partial charge in [-0.15, -0.1) is 10.2 Å². The summed E-state index contributed by atoms with van der Waals surface area (Å²) in [6.07, 6.45) is 3.12. The van der Waals surface area contributed by atoms with Crippen LogP contribution in [0.3, 0.4) is 0 Å². The molecule has 2 rings (SSSR count). The number of aryl methyl sites for hydroxylation is 2. The van der Waals surface area contributed by atoms with Crippen LogP contribution in [0, 0.1) is 0 Å². The summed E-state index contributed by atoms with van der Waals surface area (Å²) in [4.78, 5) is 1.99. The molecule has 1 heterocycles. The summed E-state index contributed by atoms with van der Waals surface area (Å²) in [5, 5.41) is 10.4. The fraction of sp³-hybridized carbons (Fsp3) is 0.385. The number of anilines is 2. The van der Waals surface area contributed by atoms with E-state index in [1.807, 2.05) is 31.1 Å². The van der Waals surface area contributed by atoms with Crippen LogP contribution in [-0.2, 0) is 12.8 Å². The molecule has 0 aliphatic carbocycles. The lowest BCUT2D eigenvalue weighted by Crippen LogP contribution is -2.07. The molecule has 5 heteroatoms. The van der Waals surface area contributed by atoms with Crippen LogP contribution in [0.1, 0.15) is 17.0 Å². The Balaban J connectivity index is 1.82. The van der Waals surface area contributed by atoms with Crippen molar-refractivity contribution in [2.24, 2.45) is 0 Å². The van der Waals surface area contributed by atoms with Gasteiger partial charge in [-0.1, -0.05) is 23.5 Å². The van der Waals surface area contributed by atoms with Gasteiger partial charge in [0.2, 0.25) is 5.13 Å². The van der Waals surface area contributed by atoms with E-state index < -0.39 is 0 Å². The summed E-state index contributed by atoms with van der Waals surface area (Å²) in [5.41, 5.74) is 7.80. The molecule has 1 aromatic carbocycles. The highest BCUT2D eigenvalue weighted by molar-refractivity contribution is 7.15. The van der Waals surface area contributed by atoms with E-state index in [0.717, 1.165) is 35.1 Å². The molecule has 0 spiro atoms. The Kier molecular flexibility index (Phi) is 4.15. The minimum absolute atomic E-state index is 0.818. The van der Waals surface area contributed by atoms with E-state index in [-0.39, 0.29) is 0 Å². The van der Waals surface area contributed by atoms with E-state index in [2.05, 4.69) is 22.3 Å². The van der Waals surface area contributed by atoms with Gasteiger partial charge >= 0.3 is 0 Å². The maximum absolute atomic E-state index is 5.66. The van der Waals surface area contributed by atoms with Gasteiger partial charge in [0.1, 0.15) is 5.01 Å². The first-order valence-corrected chi connectivity index (χ1v) is 6.81. The molecule has 0 saturated carbocycles. The number of hydrogen-bond acceptors (Lipinski definition) is 5. The van der Waals surface area contributed by atoms with Gasteiger partial charge in [0.15, 0.2) is 0 Å². The van der Waals surface area contributed by atoms with Crippen molar-refractivity contribution in [2.75, 3.05) is 24.7 Å². The SMILES string of the molecule is CN(C)c1nnc(CCCc2ccc(N)cc2)s1. The first-order valence-electron chi connectivity index (χ1n) is 5.99. The Hall–Kier alpha value is -1.62.